The van der Waals surface area contributed by atoms with E-state index in [9.17, 15) is 0 Å². The van der Waals surface area contributed by atoms with Crippen LogP contribution in [0.2, 0.25) is 0 Å². The average molecular weight is 315 g/mol. The van der Waals surface area contributed by atoms with E-state index in [1.54, 1.807) is 7.11 Å². The summed E-state index contributed by atoms with van der Waals surface area (Å²) in [6.07, 6.45) is 1.63. The Morgan fingerprint density at radius 3 is 2.13 bits per heavy atom. The highest BCUT2D eigenvalue weighted by atomic mass is 16.5. The van der Waals surface area contributed by atoms with Crippen molar-refractivity contribution in [2.75, 3.05) is 20.3 Å². The van der Waals surface area contributed by atoms with E-state index in [1.165, 1.54) is 0 Å². The molecular formula is C19H25NO3. The van der Waals surface area contributed by atoms with E-state index in [0.717, 1.165) is 48.6 Å². The molecule has 0 saturated carbocycles. The monoisotopic (exact) mass is 315 g/mol. The maximum absolute atomic E-state index is 8.81. The molecule has 0 aliphatic rings. The van der Waals surface area contributed by atoms with Gasteiger partial charge in [-0.25, -0.2) is 0 Å². The summed E-state index contributed by atoms with van der Waals surface area (Å²) in [6.45, 7) is 2.31. The third kappa shape index (κ3) is 5.58. The normalized spacial score (nSPS) is 10.5. The average Bonchev–Trinajstić information content (AvgIpc) is 2.60. The molecule has 0 fully saturated rings. The minimum Gasteiger partial charge on any atom is -0.496 e. The summed E-state index contributed by atoms with van der Waals surface area (Å²) in [7, 11) is 1.69. The number of para-hydroxylation sites is 2. The molecule has 0 unspecified atom stereocenters. The molecular weight excluding hydrogens is 290 g/mol. The van der Waals surface area contributed by atoms with Crippen molar-refractivity contribution in [3.8, 4) is 11.5 Å². The predicted molar refractivity (Wildman–Crippen MR) is 91.8 cm³/mol. The maximum Gasteiger partial charge on any atom is 0.123 e. The Labute approximate surface area is 138 Å². The van der Waals surface area contributed by atoms with Crippen molar-refractivity contribution in [3.63, 3.8) is 0 Å². The smallest absolute Gasteiger partial charge is 0.123 e. The van der Waals surface area contributed by atoms with Crippen LogP contribution in [0.25, 0.3) is 0 Å². The molecule has 23 heavy (non-hydrogen) atoms. The van der Waals surface area contributed by atoms with E-state index in [1.807, 2.05) is 36.4 Å². The number of aliphatic hydroxyl groups is 1. The summed E-state index contributed by atoms with van der Waals surface area (Å²) in [5.41, 5.74) is 2.27. The van der Waals surface area contributed by atoms with Crippen LogP contribution in [0, 0.1) is 0 Å². The fraction of sp³-hybridized carbons (Fsp3) is 0.368. The summed E-state index contributed by atoms with van der Waals surface area (Å²) in [5.74, 6) is 1.80. The molecule has 0 atom stereocenters. The first-order chi connectivity index (χ1) is 11.3. The first-order valence-corrected chi connectivity index (χ1v) is 7.99. The zero-order valence-corrected chi connectivity index (χ0v) is 13.6. The van der Waals surface area contributed by atoms with Crippen LogP contribution >= 0.6 is 0 Å². The van der Waals surface area contributed by atoms with Gasteiger partial charge in [0, 0.05) is 30.8 Å². The molecule has 0 aliphatic heterocycles. The lowest BCUT2D eigenvalue weighted by Crippen LogP contribution is -2.14. The third-order valence-electron chi connectivity index (χ3n) is 3.61. The van der Waals surface area contributed by atoms with E-state index in [0.29, 0.717) is 6.61 Å². The van der Waals surface area contributed by atoms with Crippen LogP contribution in [0.3, 0.4) is 0 Å². The van der Waals surface area contributed by atoms with Gasteiger partial charge in [0.2, 0.25) is 0 Å². The fourth-order valence-corrected chi connectivity index (χ4v) is 2.37. The van der Waals surface area contributed by atoms with Gasteiger partial charge in [-0.15, -0.1) is 0 Å². The van der Waals surface area contributed by atoms with Crippen LogP contribution in [-0.2, 0) is 13.1 Å². The molecule has 2 aromatic carbocycles. The van der Waals surface area contributed by atoms with Crippen molar-refractivity contribution in [3.05, 3.63) is 59.7 Å². The van der Waals surface area contributed by atoms with Gasteiger partial charge in [0.05, 0.1) is 13.7 Å². The Morgan fingerprint density at radius 1 is 0.870 bits per heavy atom. The number of unbranched alkanes of at least 4 members (excludes halogenated alkanes) is 1. The minimum atomic E-state index is 0.214. The molecule has 4 nitrogen and oxygen atoms in total. The number of methoxy groups -OCH3 is 1. The van der Waals surface area contributed by atoms with Gasteiger partial charge in [-0.3, -0.25) is 0 Å². The van der Waals surface area contributed by atoms with Gasteiger partial charge in [0.1, 0.15) is 11.5 Å². The molecule has 2 rings (SSSR count). The second kappa shape index (κ2) is 9.87. The lowest BCUT2D eigenvalue weighted by atomic mass is 10.1. The Balaban J connectivity index is 1.87. The van der Waals surface area contributed by atoms with Crippen LogP contribution in [0.15, 0.2) is 48.5 Å². The van der Waals surface area contributed by atoms with Crippen molar-refractivity contribution >= 4 is 0 Å². The van der Waals surface area contributed by atoms with Crippen molar-refractivity contribution < 1.29 is 14.6 Å². The van der Waals surface area contributed by atoms with E-state index in [4.69, 9.17) is 14.6 Å². The van der Waals surface area contributed by atoms with E-state index >= 15 is 0 Å². The zero-order valence-electron chi connectivity index (χ0n) is 13.6. The highest BCUT2D eigenvalue weighted by Gasteiger charge is 2.04. The van der Waals surface area contributed by atoms with Gasteiger partial charge < -0.3 is 19.9 Å². The summed E-state index contributed by atoms with van der Waals surface area (Å²) in [5, 5.41) is 12.2. The number of rotatable bonds is 10. The molecule has 0 spiro atoms. The highest BCUT2D eigenvalue weighted by Crippen LogP contribution is 2.20. The minimum absolute atomic E-state index is 0.214. The molecule has 0 saturated heterocycles. The second-order valence-electron chi connectivity index (χ2n) is 5.30. The summed E-state index contributed by atoms with van der Waals surface area (Å²) in [4.78, 5) is 0. The lowest BCUT2D eigenvalue weighted by molar-refractivity contribution is 0.252. The Kier molecular flexibility index (Phi) is 7.43. The summed E-state index contributed by atoms with van der Waals surface area (Å²) in [6, 6.07) is 16.1. The van der Waals surface area contributed by atoms with Crippen LogP contribution in [0.1, 0.15) is 24.0 Å². The van der Waals surface area contributed by atoms with Crippen LogP contribution in [-0.4, -0.2) is 25.4 Å². The van der Waals surface area contributed by atoms with Crippen molar-refractivity contribution in [1.29, 1.82) is 0 Å². The standard InChI is InChI=1S/C19H25NO3/c1-22-18-10-4-2-8-16(18)14-20-15-17-9-3-5-11-19(17)23-13-7-6-12-21/h2-5,8-11,20-21H,6-7,12-15H2,1H3. The number of hydrogen-bond donors (Lipinski definition) is 2. The largest absolute Gasteiger partial charge is 0.496 e. The Bertz CT molecular complexity index is 586. The summed E-state index contributed by atoms with van der Waals surface area (Å²) >= 11 is 0. The maximum atomic E-state index is 8.81. The van der Waals surface area contributed by atoms with E-state index in [-0.39, 0.29) is 6.61 Å². The molecule has 0 bridgehead atoms. The predicted octanol–water partition coefficient (Wildman–Crippen LogP) is 3.14. The van der Waals surface area contributed by atoms with Gasteiger partial charge in [-0.1, -0.05) is 36.4 Å². The molecule has 2 N–H and O–H groups in total. The van der Waals surface area contributed by atoms with E-state index in [2.05, 4.69) is 17.4 Å². The van der Waals surface area contributed by atoms with E-state index < -0.39 is 0 Å². The number of ether oxygens (including phenoxy) is 2. The first kappa shape index (κ1) is 17.3. The molecule has 0 aliphatic carbocycles. The number of nitrogens with one attached hydrogen (secondary N) is 1. The van der Waals surface area contributed by atoms with Crippen molar-refractivity contribution in [2.45, 2.75) is 25.9 Å². The van der Waals surface area contributed by atoms with Gasteiger partial charge >= 0.3 is 0 Å². The van der Waals surface area contributed by atoms with Crippen molar-refractivity contribution in [2.24, 2.45) is 0 Å². The molecule has 124 valence electrons. The fourth-order valence-electron chi connectivity index (χ4n) is 2.37. The topological polar surface area (TPSA) is 50.7 Å². The molecule has 0 radical (unpaired) electrons. The van der Waals surface area contributed by atoms with Crippen LogP contribution in [0.5, 0.6) is 11.5 Å². The molecule has 4 heteroatoms. The highest BCUT2D eigenvalue weighted by molar-refractivity contribution is 5.35. The molecule has 0 amide bonds. The van der Waals surface area contributed by atoms with Crippen LogP contribution in [0.4, 0.5) is 0 Å². The SMILES string of the molecule is COc1ccccc1CNCc1ccccc1OCCCCO. The van der Waals surface area contributed by atoms with Gasteiger partial charge in [0.25, 0.3) is 0 Å². The molecule has 0 aromatic heterocycles. The Morgan fingerprint density at radius 2 is 1.48 bits per heavy atom. The number of benzene rings is 2. The quantitative estimate of drug-likeness (QED) is 0.661. The lowest BCUT2D eigenvalue weighted by Gasteiger charge is -2.13. The molecule has 0 heterocycles. The van der Waals surface area contributed by atoms with Gasteiger partial charge in [0.15, 0.2) is 0 Å². The Hall–Kier alpha value is -2.04. The first-order valence-electron chi connectivity index (χ1n) is 7.99. The number of hydrogen-bond acceptors (Lipinski definition) is 4. The van der Waals surface area contributed by atoms with Gasteiger partial charge in [-0.2, -0.15) is 0 Å². The number of aliphatic hydroxyl groups excluding tert-OH is 1. The van der Waals surface area contributed by atoms with Gasteiger partial charge in [-0.05, 0) is 25.0 Å². The van der Waals surface area contributed by atoms with Crippen LogP contribution < -0.4 is 14.8 Å². The summed E-state index contributed by atoms with van der Waals surface area (Å²) < 4.78 is 11.2. The third-order valence-corrected chi connectivity index (χ3v) is 3.61. The molecule has 2 aromatic rings. The van der Waals surface area contributed by atoms with Crippen molar-refractivity contribution in [1.82, 2.24) is 5.32 Å². The zero-order chi connectivity index (χ0) is 16.3. The second-order valence-corrected chi connectivity index (χ2v) is 5.30.